The number of hydrogen-bond donors (Lipinski definition) is 0. The molecule has 5 rings (SSSR count). The zero-order valence-corrected chi connectivity index (χ0v) is 19.2. The van der Waals surface area contributed by atoms with E-state index in [2.05, 4.69) is 18.2 Å². The molecule has 0 atom stereocenters. The molecule has 2 aromatic heterocycles. The van der Waals surface area contributed by atoms with Crippen molar-refractivity contribution in [3.05, 3.63) is 111 Å². The molecule has 0 radical (unpaired) electrons. The molecule has 0 saturated carbocycles. The van der Waals surface area contributed by atoms with Crippen molar-refractivity contribution >= 4 is 21.6 Å². The topological polar surface area (TPSA) is 58.7 Å². The van der Waals surface area contributed by atoms with Crippen LogP contribution in [0.3, 0.4) is 0 Å². The van der Waals surface area contributed by atoms with E-state index in [1.54, 1.807) is 10.6 Å². The number of rotatable bonds is 4. The highest BCUT2D eigenvalue weighted by Crippen LogP contribution is 2.32. The van der Waals surface area contributed by atoms with E-state index >= 15 is 0 Å². The molecule has 5 heteroatoms. The minimum atomic E-state index is -0.0743. The monoisotopic (exact) mass is 447 g/mol. The van der Waals surface area contributed by atoms with Gasteiger partial charge in [0.25, 0.3) is 5.56 Å². The van der Waals surface area contributed by atoms with Gasteiger partial charge in [0, 0.05) is 16.5 Å². The van der Waals surface area contributed by atoms with Gasteiger partial charge in [-0.3, -0.25) is 9.36 Å². The molecule has 0 saturated heterocycles. The summed E-state index contributed by atoms with van der Waals surface area (Å²) in [5.41, 5.74) is 6.51. The lowest BCUT2D eigenvalue weighted by molar-refractivity contribution is 0.760. The SMILES string of the molecule is Cc1ccc(-c2csc3nc(-c4ccc(C)cc4)n(Cc4cccc(C#N)c4)c(=O)c23)cc1. The fourth-order valence-corrected chi connectivity index (χ4v) is 4.90. The zero-order chi connectivity index (χ0) is 22.9. The van der Waals surface area contributed by atoms with E-state index in [1.807, 2.05) is 73.8 Å². The van der Waals surface area contributed by atoms with Crippen LogP contribution in [0.2, 0.25) is 0 Å². The Morgan fingerprint density at radius 2 is 1.61 bits per heavy atom. The van der Waals surface area contributed by atoms with Crippen LogP contribution in [0.4, 0.5) is 0 Å². The molecule has 3 aromatic carbocycles. The predicted octanol–water partition coefficient (Wildman–Crippen LogP) is 6.33. The summed E-state index contributed by atoms with van der Waals surface area (Å²) in [5, 5.41) is 12.0. The van der Waals surface area contributed by atoms with E-state index in [0.29, 0.717) is 23.3 Å². The molecule has 2 heterocycles. The van der Waals surface area contributed by atoms with E-state index < -0.39 is 0 Å². The number of benzene rings is 3. The molecular weight excluding hydrogens is 426 g/mol. The summed E-state index contributed by atoms with van der Waals surface area (Å²) in [6, 6.07) is 25.8. The van der Waals surface area contributed by atoms with Gasteiger partial charge in [-0.05, 0) is 37.1 Å². The molecule has 33 heavy (non-hydrogen) atoms. The molecule has 160 valence electrons. The maximum absolute atomic E-state index is 13.9. The van der Waals surface area contributed by atoms with Gasteiger partial charge >= 0.3 is 0 Å². The van der Waals surface area contributed by atoms with Crippen molar-refractivity contribution in [2.45, 2.75) is 20.4 Å². The van der Waals surface area contributed by atoms with Crippen LogP contribution >= 0.6 is 11.3 Å². The standard InChI is InChI=1S/C28H21N3OS/c1-18-6-10-22(11-7-18)24-17-33-27-25(24)28(32)31(16-21-5-3-4-20(14-21)15-29)26(30-27)23-12-8-19(2)9-13-23/h3-14,17H,16H2,1-2H3. The Kier molecular flexibility index (Phi) is 5.37. The third-order valence-corrected chi connectivity index (χ3v) is 6.64. The first-order valence-electron chi connectivity index (χ1n) is 10.7. The number of fused-ring (bicyclic) bond motifs is 1. The molecule has 0 spiro atoms. The second kappa shape index (κ2) is 8.50. The van der Waals surface area contributed by atoms with Gasteiger partial charge in [0.1, 0.15) is 10.7 Å². The molecule has 0 aliphatic carbocycles. The summed E-state index contributed by atoms with van der Waals surface area (Å²) >= 11 is 1.49. The fraction of sp³-hybridized carbons (Fsp3) is 0.107. The quantitative estimate of drug-likeness (QED) is 0.323. The van der Waals surface area contributed by atoms with Crippen LogP contribution in [0.15, 0.2) is 83.0 Å². The first-order chi connectivity index (χ1) is 16.0. The predicted molar refractivity (Wildman–Crippen MR) is 134 cm³/mol. The third kappa shape index (κ3) is 3.97. The number of nitrogens with zero attached hydrogens (tertiary/aromatic N) is 3. The lowest BCUT2D eigenvalue weighted by atomic mass is 10.0. The molecule has 0 aliphatic rings. The molecule has 0 fully saturated rings. The van der Waals surface area contributed by atoms with Gasteiger partial charge in [-0.15, -0.1) is 11.3 Å². The molecule has 5 aromatic rings. The fourth-order valence-electron chi connectivity index (χ4n) is 3.96. The van der Waals surface area contributed by atoms with Crippen molar-refractivity contribution in [3.63, 3.8) is 0 Å². The van der Waals surface area contributed by atoms with Crippen molar-refractivity contribution in [3.8, 4) is 28.6 Å². The Balaban J connectivity index is 1.75. The van der Waals surface area contributed by atoms with E-state index in [-0.39, 0.29) is 5.56 Å². The average Bonchev–Trinajstić information content (AvgIpc) is 3.26. The summed E-state index contributed by atoms with van der Waals surface area (Å²) in [5.74, 6) is 0.632. The summed E-state index contributed by atoms with van der Waals surface area (Å²) in [7, 11) is 0. The highest BCUT2D eigenvalue weighted by molar-refractivity contribution is 7.17. The van der Waals surface area contributed by atoms with Crippen LogP contribution in [0, 0.1) is 25.2 Å². The molecule has 0 N–H and O–H groups in total. The Hall–Kier alpha value is -4.01. The molecule has 0 bridgehead atoms. The molecule has 0 unspecified atom stereocenters. The van der Waals surface area contributed by atoms with Crippen molar-refractivity contribution in [2.75, 3.05) is 0 Å². The van der Waals surface area contributed by atoms with Gasteiger partial charge in [0.15, 0.2) is 0 Å². The van der Waals surface area contributed by atoms with Crippen molar-refractivity contribution in [2.24, 2.45) is 0 Å². The van der Waals surface area contributed by atoms with Gasteiger partial charge in [0.2, 0.25) is 0 Å². The number of nitriles is 1. The maximum Gasteiger partial charge on any atom is 0.263 e. The Morgan fingerprint density at radius 3 is 2.27 bits per heavy atom. The first-order valence-corrected chi connectivity index (χ1v) is 11.6. The van der Waals surface area contributed by atoms with Gasteiger partial charge in [-0.1, -0.05) is 71.8 Å². The van der Waals surface area contributed by atoms with Crippen LogP contribution in [-0.2, 0) is 6.54 Å². The van der Waals surface area contributed by atoms with E-state index in [4.69, 9.17) is 4.98 Å². The Bertz CT molecular complexity index is 1570. The normalized spacial score (nSPS) is 10.9. The van der Waals surface area contributed by atoms with Crippen LogP contribution in [0.1, 0.15) is 22.3 Å². The minimum absolute atomic E-state index is 0.0743. The first kappa shape index (κ1) is 20.9. The highest BCUT2D eigenvalue weighted by Gasteiger charge is 2.18. The minimum Gasteiger partial charge on any atom is -0.288 e. The second-order valence-electron chi connectivity index (χ2n) is 8.20. The van der Waals surface area contributed by atoms with Crippen LogP contribution in [-0.4, -0.2) is 9.55 Å². The van der Waals surface area contributed by atoms with Crippen LogP contribution in [0.5, 0.6) is 0 Å². The second-order valence-corrected chi connectivity index (χ2v) is 9.06. The molecule has 0 aliphatic heterocycles. The summed E-state index contributed by atoms with van der Waals surface area (Å²) in [6.45, 7) is 4.42. The lowest BCUT2D eigenvalue weighted by Gasteiger charge is -2.14. The lowest BCUT2D eigenvalue weighted by Crippen LogP contribution is -2.24. The highest BCUT2D eigenvalue weighted by atomic mass is 32.1. The van der Waals surface area contributed by atoms with Crippen molar-refractivity contribution in [1.82, 2.24) is 9.55 Å². The molecular formula is C28H21N3OS. The van der Waals surface area contributed by atoms with Gasteiger partial charge in [-0.2, -0.15) is 5.26 Å². The zero-order valence-electron chi connectivity index (χ0n) is 18.4. The van der Waals surface area contributed by atoms with E-state index in [9.17, 15) is 10.1 Å². The third-order valence-electron chi connectivity index (χ3n) is 5.76. The Morgan fingerprint density at radius 1 is 0.939 bits per heavy atom. The van der Waals surface area contributed by atoms with Crippen LogP contribution in [0.25, 0.3) is 32.7 Å². The maximum atomic E-state index is 13.9. The summed E-state index contributed by atoms with van der Waals surface area (Å²) < 4.78 is 1.73. The molecule has 0 amide bonds. The van der Waals surface area contributed by atoms with Crippen molar-refractivity contribution < 1.29 is 0 Å². The number of aromatic nitrogens is 2. The van der Waals surface area contributed by atoms with Crippen molar-refractivity contribution in [1.29, 1.82) is 5.26 Å². The van der Waals surface area contributed by atoms with E-state index in [1.165, 1.54) is 16.9 Å². The number of aryl methyl sites for hydroxylation is 2. The smallest absolute Gasteiger partial charge is 0.263 e. The average molecular weight is 448 g/mol. The summed E-state index contributed by atoms with van der Waals surface area (Å²) in [4.78, 5) is 19.6. The Labute approximate surface area is 196 Å². The summed E-state index contributed by atoms with van der Waals surface area (Å²) in [6.07, 6.45) is 0. The van der Waals surface area contributed by atoms with Gasteiger partial charge in [0.05, 0.1) is 23.6 Å². The number of thiophene rings is 1. The van der Waals surface area contributed by atoms with Gasteiger partial charge in [-0.25, -0.2) is 4.98 Å². The van der Waals surface area contributed by atoms with Gasteiger partial charge < -0.3 is 0 Å². The van der Waals surface area contributed by atoms with E-state index in [0.717, 1.165) is 32.6 Å². The molecule has 4 nitrogen and oxygen atoms in total. The number of hydrogen-bond acceptors (Lipinski definition) is 4. The largest absolute Gasteiger partial charge is 0.288 e. The van der Waals surface area contributed by atoms with Crippen LogP contribution < -0.4 is 5.56 Å².